The van der Waals surface area contributed by atoms with E-state index in [-0.39, 0.29) is 12.8 Å². The molecule has 2 rings (SSSR count). The Morgan fingerprint density at radius 2 is 1.70 bits per heavy atom. The van der Waals surface area contributed by atoms with E-state index in [4.69, 9.17) is 0 Å². The van der Waals surface area contributed by atoms with Gasteiger partial charge in [0.05, 0.1) is 12.2 Å². The maximum atomic E-state index is 11.7. The highest BCUT2D eigenvalue weighted by Gasteiger charge is 2.58. The highest BCUT2D eigenvalue weighted by molar-refractivity contribution is 7.72. The summed E-state index contributed by atoms with van der Waals surface area (Å²) in [6.45, 7) is 0.577. The molecule has 12 heteroatoms. The van der Waals surface area contributed by atoms with Gasteiger partial charge in [0.15, 0.2) is 0 Å². The number of hydrogen-bond acceptors (Lipinski definition) is 5. The Labute approximate surface area is 156 Å². The number of nitrogens with zero attached hydrogens (tertiary/aromatic N) is 3. The largest absolute Gasteiger partial charge is 0.357 e. The van der Waals surface area contributed by atoms with Gasteiger partial charge in [-0.25, -0.2) is 4.68 Å². The first-order chi connectivity index (χ1) is 12.6. The van der Waals surface area contributed by atoms with E-state index in [1.54, 1.807) is 10.9 Å². The van der Waals surface area contributed by atoms with Crippen LogP contribution in [-0.4, -0.2) is 46.6 Å². The van der Waals surface area contributed by atoms with Crippen LogP contribution in [0.2, 0.25) is 0 Å². The zero-order valence-electron chi connectivity index (χ0n) is 14.8. The van der Waals surface area contributed by atoms with Crippen LogP contribution < -0.4 is 5.32 Å². The molecule has 0 unspecified atom stereocenters. The minimum absolute atomic E-state index is 0.197. The molecular weight excluding hydrogens is 394 g/mol. The molecule has 27 heavy (non-hydrogen) atoms. The minimum atomic E-state index is -5.08. The van der Waals surface area contributed by atoms with Crippen LogP contribution in [0.4, 0.5) is 0 Å². The first-order valence-electron chi connectivity index (χ1n) is 8.32. The third kappa shape index (κ3) is 5.33. The van der Waals surface area contributed by atoms with Crippen molar-refractivity contribution in [2.75, 3.05) is 7.05 Å². The molecular formula is C15H24N4O6P2. The summed E-state index contributed by atoms with van der Waals surface area (Å²) >= 11 is 0. The van der Waals surface area contributed by atoms with E-state index in [0.717, 1.165) is 12.6 Å². The fraction of sp³-hybridized carbons (Fsp3) is 0.467. The molecule has 2 aromatic rings. The molecule has 0 spiro atoms. The van der Waals surface area contributed by atoms with E-state index in [1.807, 2.05) is 30.3 Å². The molecule has 0 aliphatic rings. The third-order valence-electron chi connectivity index (χ3n) is 4.35. The standard InChI is InChI=1S/C15H24N4O6P2/c1-16-15(26(20,21)22,27(23,24)25)10-6-5-9-14-12-19(18-17-14)11-13-7-3-2-4-8-13/h2-4,7-8,12,16H,5-6,9-11H2,1H3,(H2,20,21,22)(H2,23,24,25). The summed E-state index contributed by atoms with van der Waals surface area (Å²) in [7, 11) is -9.03. The van der Waals surface area contributed by atoms with Crippen molar-refractivity contribution in [1.82, 2.24) is 20.3 Å². The quantitative estimate of drug-likeness (QED) is 0.283. The first-order valence-corrected chi connectivity index (χ1v) is 11.5. The Kier molecular flexibility index (Phi) is 7.10. The van der Waals surface area contributed by atoms with Gasteiger partial charge < -0.3 is 19.6 Å². The second-order valence-corrected chi connectivity index (χ2v) is 10.3. The topological polar surface area (TPSA) is 158 Å². The number of hydrogen-bond donors (Lipinski definition) is 5. The lowest BCUT2D eigenvalue weighted by Gasteiger charge is -2.34. The van der Waals surface area contributed by atoms with Gasteiger partial charge in [-0.2, -0.15) is 0 Å². The van der Waals surface area contributed by atoms with Crippen LogP contribution in [0.25, 0.3) is 0 Å². The van der Waals surface area contributed by atoms with E-state index in [2.05, 4.69) is 15.6 Å². The smallest absolute Gasteiger partial charge is 0.323 e. The first kappa shape index (κ1) is 21.9. The van der Waals surface area contributed by atoms with Gasteiger partial charge in [0.2, 0.25) is 5.02 Å². The fourth-order valence-corrected chi connectivity index (χ4v) is 5.69. The third-order valence-corrected chi connectivity index (χ3v) is 8.73. The van der Waals surface area contributed by atoms with Gasteiger partial charge in [0, 0.05) is 6.20 Å². The molecule has 0 aliphatic carbocycles. The van der Waals surface area contributed by atoms with Crippen LogP contribution in [0.3, 0.4) is 0 Å². The van der Waals surface area contributed by atoms with Crippen LogP contribution >= 0.6 is 15.2 Å². The van der Waals surface area contributed by atoms with E-state index in [9.17, 15) is 28.7 Å². The van der Waals surface area contributed by atoms with Crippen molar-refractivity contribution in [2.45, 2.75) is 37.2 Å². The average Bonchev–Trinajstić information content (AvgIpc) is 3.01. The molecule has 0 bridgehead atoms. The van der Waals surface area contributed by atoms with Crippen LogP contribution in [0.1, 0.15) is 30.5 Å². The summed E-state index contributed by atoms with van der Waals surface area (Å²) in [5.41, 5.74) is 1.78. The number of aromatic nitrogens is 3. The van der Waals surface area contributed by atoms with Gasteiger partial charge in [0.1, 0.15) is 0 Å². The zero-order chi connectivity index (χ0) is 20.1. The molecule has 1 aromatic heterocycles. The fourth-order valence-electron chi connectivity index (χ4n) is 2.86. The lowest BCUT2D eigenvalue weighted by atomic mass is 10.1. The maximum Gasteiger partial charge on any atom is 0.357 e. The number of unbranched alkanes of at least 4 members (excludes halogenated alkanes) is 1. The predicted molar refractivity (Wildman–Crippen MR) is 99.0 cm³/mol. The SMILES string of the molecule is CNC(CCCCc1cn(Cc2ccccc2)nn1)(P(=O)(O)O)P(=O)(O)O. The number of rotatable bonds is 10. The molecule has 10 nitrogen and oxygen atoms in total. The predicted octanol–water partition coefficient (Wildman–Crippen LogP) is 1.27. The number of benzene rings is 1. The van der Waals surface area contributed by atoms with Gasteiger partial charge in [-0.3, -0.25) is 14.4 Å². The molecule has 0 radical (unpaired) electrons. The van der Waals surface area contributed by atoms with Crippen molar-refractivity contribution in [1.29, 1.82) is 0 Å². The molecule has 5 N–H and O–H groups in total. The lowest BCUT2D eigenvalue weighted by molar-refractivity contribution is 0.284. The van der Waals surface area contributed by atoms with Crippen molar-refractivity contribution in [3.63, 3.8) is 0 Å². The Bertz CT molecular complexity index is 810. The molecule has 0 saturated heterocycles. The normalized spacial score (nSPS) is 13.1. The summed E-state index contributed by atoms with van der Waals surface area (Å²) in [5, 5.41) is 7.70. The molecule has 0 amide bonds. The van der Waals surface area contributed by atoms with Gasteiger partial charge in [-0.15, -0.1) is 5.10 Å². The number of nitrogens with one attached hydrogen (secondary N) is 1. The van der Waals surface area contributed by atoms with Crippen molar-refractivity contribution in [3.05, 3.63) is 47.8 Å². The number of aryl methyl sites for hydroxylation is 1. The Hall–Kier alpha value is -1.38. The van der Waals surface area contributed by atoms with Crippen molar-refractivity contribution >= 4 is 15.2 Å². The summed E-state index contributed by atoms with van der Waals surface area (Å²) in [4.78, 5) is 37.8. The van der Waals surface area contributed by atoms with Gasteiger partial charge in [-0.1, -0.05) is 35.5 Å². The van der Waals surface area contributed by atoms with Crippen LogP contribution in [-0.2, 0) is 22.1 Å². The van der Waals surface area contributed by atoms with E-state index < -0.39 is 20.2 Å². The molecule has 0 fully saturated rings. The molecule has 0 saturated carbocycles. The van der Waals surface area contributed by atoms with Crippen molar-refractivity contribution < 1.29 is 28.7 Å². The van der Waals surface area contributed by atoms with Crippen molar-refractivity contribution in [2.24, 2.45) is 0 Å². The van der Waals surface area contributed by atoms with Crippen LogP contribution in [0, 0.1) is 0 Å². The second-order valence-electron chi connectivity index (χ2n) is 6.25. The van der Waals surface area contributed by atoms with E-state index in [1.165, 1.54) is 0 Å². The highest BCUT2D eigenvalue weighted by Crippen LogP contribution is 2.69. The van der Waals surface area contributed by atoms with Crippen molar-refractivity contribution in [3.8, 4) is 0 Å². The lowest BCUT2D eigenvalue weighted by Crippen LogP contribution is -2.42. The molecule has 1 aromatic carbocycles. The molecule has 1 heterocycles. The Morgan fingerprint density at radius 1 is 1.07 bits per heavy atom. The molecule has 0 aliphatic heterocycles. The summed E-state index contributed by atoms with van der Waals surface area (Å²) in [6.07, 6.45) is 2.55. The summed E-state index contributed by atoms with van der Waals surface area (Å²) in [6, 6.07) is 9.74. The van der Waals surface area contributed by atoms with Crippen LogP contribution in [0.15, 0.2) is 36.5 Å². The minimum Gasteiger partial charge on any atom is -0.323 e. The van der Waals surface area contributed by atoms with Gasteiger partial charge in [-0.05, 0) is 38.3 Å². The van der Waals surface area contributed by atoms with E-state index >= 15 is 0 Å². The Balaban J connectivity index is 1.92. The Morgan fingerprint density at radius 3 is 2.26 bits per heavy atom. The summed E-state index contributed by atoms with van der Waals surface area (Å²) < 4.78 is 25.1. The summed E-state index contributed by atoms with van der Waals surface area (Å²) in [5.74, 6) is 0. The second kappa shape index (κ2) is 8.75. The van der Waals surface area contributed by atoms with Gasteiger partial charge >= 0.3 is 15.2 Å². The molecule has 150 valence electrons. The average molecular weight is 418 g/mol. The molecule has 0 atom stereocenters. The van der Waals surface area contributed by atoms with Gasteiger partial charge in [0.25, 0.3) is 0 Å². The highest BCUT2D eigenvalue weighted by atomic mass is 31.2. The van der Waals surface area contributed by atoms with Crippen LogP contribution in [0.5, 0.6) is 0 Å². The zero-order valence-corrected chi connectivity index (χ0v) is 16.6. The monoisotopic (exact) mass is 418 g/mol. The van der Waals surface area contributed by atoms with E-state index in [0.29, 0.717) is 25.1 Å². The maximum absolute atomic E-state index is 11.7.